The van der Waals surface area contributed by atoms with E-state index >= 15 is 0 Å². The molecule has 0 bridgehead atoms. The van der Waals surface area contributed by atoms with Crippen molar-refractivity contribution in [2.75, 3.05) is 18.0 Å². The Kier molecular flexibility index (Phi) is 4.00. The van der Waals surface area contributed by atoms with Gasteiger partial charge < -0.3 is 14.7 Å². The molecule has 0 aliphatic carbocycles. The zero-order valence-corrected chi connectivity index (χ0v) is 12.3. The van der Waals surface area contributed by atoms with Crippen LogP contribution in [0.2, 0.25) is 0 Å². The summed E-state index contributed by atoms with van der Waals surface area (Å²) in [6, 6.07) is 15.7. The number of aromatic hydroxyl groups is 1. The highest BCUT2D eigenvalue weighted by Gasteiger charge is 2.20. The van der Waals surface area contributed by atoms with E-state index in [0.717, 1.165) is 31.7 Å². The van der Waals surface area contributed by atoms with Crippen molar-refractivity contribution in [1.82, 2.24) is 0 Å². The Morgan fingerprint density at radius 1 is 0.952 bits per heavy atom. The van der Waals surface area contributed by atoms with Crippen molar-refractivity contribution >= 4 is 5.69 Å². The second-order valence-corrected chi connectivity index (χ2v) is 5.63. The number of phenolic OH excluding ortho intramolecular Hbond substituents is 1. The SMILES string of the molecule is Cc1ccc(OC2CCN(c3ccc(O)cc3)CC2)cc1. The normalized spacial score (nSPS) is 16.0. The first-order valence-electron chi connectivity index (χ1n) is 7.48. The van der Waals surface area contributed by atoms with Crippen LogP contribution in [0.1, 0.15) is 18.4 Å². The highest BCUT2D eigenvalue weighted by atomic mass is 16.5. The van der Waals surface area contributed by atoms with Crippen molar-refractivity contribution in [3.8, 4) is 11.5 Å². The summed E-state index contributed by atoms with van der Waals surface area (Å²) in [5.74, 6) is 1.28. The highest BCUT2D eigenvalue weighted by Crippen LogP contribution is 2.24. The zero-order valence-electron chi connectivity index (χ0n) is 12.3. The number of benzene rings is 2. The molecular formula is C18H21NO2. The molecule has 0 spiro atoms. The van der Waals surface area contributed by atoms with E-state index in [0.29, 0.717) is 11.9 Å². The minimum absolute atomic E-state index is 0.293. The van der Waals surface area contributed by atoms with Gasteiger partial charge in [0.05, 0.1) is 0 Å². The van der Waals surface area contributed by atoms with Gasteiger partial charge in [0.1, 0.15) is 17.6 Å². The fourth-order valence-electron chi connectivity index (χ4n) is 2.70. The van der Waals surface area contributed by atoms with Crippen molar-refractivity contribution in [1.29, 1.82) is 0 Å². The molecule has 1 heterocycles. The molecule has 3 heteroatoms. The molecule has 21 heavy (non-hydrogen) atoms. The van der Waals surface area contributed by atoms with Crippen LogP contribution in [0, 0.1) is 6.92 Å². The molecule has 1 fully saturated rings. The predicted octanol–water partition coefficient (Wildman–Crippen LogP) is 3.75. The zero-order chi connectivity index (χ0) is 14.7. The quantitative estimate of drug-likeness (QED) is 0.931. The van der Waals surface area contributed by atoms with Crippen LogP contribution in [0.25, 0.3) is 0 Å². The summed E-state index contributed by atoms with van der Waals surface area (Å²) in [6.07, 6.45) is 2.34. The number of rotatable bonds is 3. The Balaban J connectivity index is 1.55. The number of hydrogen-bond donors (Lipinski definition) is 1. The van der Waals surface area contributed by atoms with Crippen molar-refractivity contribution in [2.45, 2.75) is 25.9 Å². The molecule has 0 atom stereocenters. The average Bonchev–Trinajstić information content (AvgIpc) is 2.51. The molecule has 0 unspecified atom stereocenters. The standard InChI is InChI=1S/C18H21NO2/c1-14-2-8-17(9-3-14)21-18-10-12-19(13-11-18)15-4-6-16(20)7-5-15/h2-9,18,20H,10-13H2,1H3. The average molecular weight is 283 g/mol. The number of nitrogens with zero attached hydrogens (tertiary/aromatic N) is 1. The van der Waals surface area contributed by atoms with Crippen LogP contribution in [0.4, 0.5) is 5.69 Å². The molecule has 1 aliphatic heterocycles. The molecule has 3 rings (SSSR count). The lowest BCUT2D eigenvalue weighted by Gasteiger charge is -2.33. The van der Waals surface area contributed by atoms with Crippen molar-refractivity contribution in [3.63, 3.8) is 0 Å². The van der Waals surface area contributed by atoms with Gasteiger partial charge in [0.2, 0.25) is 0 Å². The predicted molar refractivity (Wildman–Crippen MR) is 85.1 cm³/mol. The minimum Gasteiger partial charge on any atom is -0.508 e. The maximum Gasteiger partial charge on any atom is 0.119 e. The van der Waals surface area contributed by atoms with Gasteiger partial charge in [-0.3, -0.25) is 0 Å². The highest BCUT2D eigenvalue weighted by molar-refractivity contribution is 5.49. The van der Waals surface area contributed by atoms with E-state index in [9.17, 15) is 5.11 Å². The maximum absolute atomic E-state index is 9.34. The Morgan fingerprint density at radius 2 is 1.57 bits per heavy atom. The molecule has 2 aromatic rings. The lowest BCUT2D eigenvalue weighted by molar-refractivity contribution is 0.171. The van der Waals surface area contributed by atoms with E-state index in [1.807, 2.05) is 24.3 Å². The van der Waals surface area contributed by atoms with Crippen LogP contribution >= 0.6 is 0 Å². The molecule has 3 nitrogen and oxygen atoms in total. The molecule has 0 aromatic heterocycles. The fourth-order valence-corrected chi connectivity index (χ4v) is 2.70. The van der Waals surface area contributed by atoms with Gasteiger partial charge in [-0.15, -0.1) is 0 Å². The first kappa shape index (κ1) is 13.8. The van der Waals surface area contributed by atoms with Gasteiger partial charge in [0.15, 0.2) is 0 Å². The molecule has 0 amide bonds. The lowest BCUT2D eigenvalue weighted by Crippen LogP contribution is -2.38. The van der Waals surface area contributed by atoms with Gasteiger partial charge in [-0.25, -0.2) is 0 Å². The van der Waals surface area contributed by atoms with Gasteiger partial charge in [0, 0.05) is 31.6 Å². The minimum atomic E-state index is 0.293. The van der Waals surface area contributed by atoms with Crippen molar-refractivity contribution in [3.05, 3.63) is 54.1 Å². The van der Waals surface area contributed by atoms with Crippen molar-refractivity contribution in [2.24, 2.45) is 0 Å². The summed E-state index contributed by atoms with van der Waals surface area (Å²) in [5, 5.41) is 9.34. The molecule has 0 radical (unpaired) electrons. The van der Waals surface area contributed by atoms with Gasteiger partial charge in [-0.05, 0) is 43.3 Å². The van der Waals surface area contributed by atoms with E-state index in [1.165, 1.54) is 11.3 Å². The Labute approximate surface area is 125 Å². The van der Waals surface area contributed by atoms with Crippen LogP contribution in [-0.2, 0) is 0 Å². The molecule has 2 aromatic carbocycles. The number of ether oxygens (including phenoxy) is 1. The molecule has 0 saturated carbocycles. The van der Waals surface area contributed by atoms with E-state index < -0.39 is 0 Å². The number of phenols is 1. The second kappa shape index (κ2) is 6.08. The molecule has 1 aliphatic rings. The maximum atomic E-state index is 9.34. The third kappa shape index (κ3) is 3.48. The molecule has 110 valence electrons. The molecule has 1 saturated heterocycles. The number of piperidine rings is 1. The first-order chi connectivity index (χ1) is 10.2. The van der Waals surface area contributed by atoms with Crippen LogP contribution in [-0.4, -0.2) is 24.3 Å². The Morgan fingerprint density at radius 3 is 2.19 bits per heavy atom. The molecule has 1 N–H and O–H groups in total. The molecular weight excluding hydrogens is 262 g/mol. The summed E-state index contributed by atoms with van der Waals surface area (Å²) in [7, 11) is 0. The van der Waals surface area contributed by atoms with Gasteiger partial charge >= 0.3 is 0 Å². The van der Waals surface area contributed by atoms with Gasteiger partial charge in [0.25, 0.3) is 0 Å². The third-order valence-corrected chi connectivity index (χ3v) is 3.98. The van der Waals surface area contributed by atoms with E-state index in [-0.39, 0.29) is 0 Å². The van der Waals surface area contributed by atoms with E-state index in [2.05, 4.69) is 24.0 Å². The largest absolute Gasteiger partial charge is 0.508 e. The number of anilines is 1. The van der Waals surface area contributed by atoms with Gasteiger partial charge in [-0.1, -0.05) is 17.7 Å². The fraction of sp³-hybridized carbons (Fsp3) is 0.333. The third-order valence-electron chi connectivity index (χ3n) is 3.98. The van der Waals surface area contributed by atoms with Crippen LogP contribution in [0.3, 0.4) is 0 Å². The summed E-state index contributed by atoms with van der Waals surface area (Å²) < 4.78 is 6.05. The van der Waals surface area contributed by atoms with Gasteiger partial charge in [-0.2, -0.15) is 0 Å². The van der Waals surface area contributed by atoms with Crippen molar-refractivity contribution < 1.29 is 9.84 Å². The summed E-state index contributed by atoms with van der Waals surface area (Å²) >= 11 is 0. The van der Waals surface area contributed by atoms with Crippen LogP contribution < -0.4 is 9.64 Å². The number of aryl methyl sites for hydroxylation is 1. The van der Waals surface area contributed by atoms with E-state index in [1.54, 1.807) is 12.1 Å². The second-order valence-electron chi connectivity index (χ2n) is 5.63. The lowest BCUT2D eigenvalue weighted by atomic mass is 10.1. The Bertz CT molecular complexity index is 569. The first-order valence-corrected chi connectivity index (χ1v) is 7.48. The summed E-state index contributed by atoms with van der Waals surface area (Å²) in [6.45, 7) is 4.06. The summed E-state index contributed by atoms with van der Waals surface area (Å²) in [5.41, 5.74) is 2.42. The topological polar surface area (TPSA) is 32.7 Å². The monoisotopic (exact) mass is 283 g/mol. The van der Waals surface area contributed by atoms with Crippen LogP contribution in [0.15, 0.2) is 48.5 Å². The van der Waals surface area contributed by atoms with E-state index in [4.69, 9.17) is 4.74 Å². The Hall–Kier alpha value is -2.16. The smallest absolute Gasteiger partial charge is 0.119 e. The number of hydrogen-bond acceptors (Lipinski definition) is 3. The summed E-state index contributed by atoms with van der Waals surface area (Å²) in [4.78, 5) is 2.34. The van der Waals surface area contributed by atoms with Crippen LogP contribution in [0.5, 0.6) is 11.5 Å².